The van der Waals surface area contributed by atoms with Crippen molar-refractivity contribution < 1.29 is 9.18 Å². The molecular formula is C15H16FN3O2. The highest BCUT2D eigenvalue weighted by Crippen LogP contribution is 2.17. The molecule has 2 rings (SSSR count). The van der Waals surface area contributed by atoms with E-state index in [1.807, 2.05) is 0 Å². The van der Waals surface area contributed by atoms with Crippen LogP contribution >= 0.6 is 0 Å². The Morgan fingerprint density at radius 2 is 1.95 bits per heavy atom. The molecule has 1 aromatic carbocycles. The zero-order valence-corrected chi connectivity index (χ0v) is 11.4. The summed E-state index contributed by atoms with van der Waals surface area (Å²) in [4.78, 5) is 27.8. The molecule has 0 atom stereocenters. The molecule has 0 aliphatic carbocycles. The topological polar surface area (TPSA) is 79.2 Å². The number of carbonyl (C=O) groups excluding carboxylic acids is 1. The fourth-order valence-corrected chi connectivity index (χ4v) is 1.95. The maximum absolute atomic E-state index is 13.0. The van der Waals surface area contributed by atoms with Gasteiger partial charge in [-0.1, -0.05) is 0 Å². The van der Waals surface area contributed by atoms with Crippen LogP contribution in [0.5, 0.6) is 0 Å². The second-order valence-corrected chi connectivity index (χ2v) is 4.52. The van der Waals surface area contributed by atoms with E-state index in [0.717, 1.165) is 0 Å². The predicted octanol–water partition coefficient (Wildman–Crippen LogP) is 1.51. The van der Waals surface area contributed by atoms with Crippen molar-refractivity contribution in [2.75, 3.05) is 18.0 Å². The molecule has 110 valence electrons. The Balaban J connectivity index is 2.33. The maximum Gasteiger partial charge on any atom is 0.258 e. The largest absolute Gasteiger partial charge is 0.330 e. The quantitative estimate of drug-likeness (QED) is 0.875. The molecule has 6 heteroatoms. The van der Waals surface area contributed by atoms with Crippen LogP contribution in [0.25, 0.3) is 0 Å². The lowest BCUT2D eigenvalue weighted by Gasteiger charge is -2.22. The second-order valence-electron chi connectivity index (χ2n) is 4.52. The summed E-state index contributed by atoms with van der Waals surface area (Å²) in [5, 5.41) is 0. The van der Waals surface area contributed by atoms with Crippen LogP contribution in [-0.2, 0) is 0 Å². The van der Waals surface area contributed by atoms with Gasteiger partial charge < -0.3 is 15.6 Å². The van der Waals surface area contributed by atoms with Gasteiger partial charge in [-0.05, 0) is 43.3 Å². The first-order valence-corrected chi connectivity index (χ1v) is 6.58. The molecule has 3 N–H and O–H groups in total. The molecule has 1 amide bonds. The van der Waals surface area contributed by atoms with E-state index in [1.54, 1.807) is 0 Å². The van der Waals surface area contributed by atoms with E-state index in [0.29, 0.717) is 25.2 Å². The number of pyridine rings is 1. The number of hydrogen-bond donors (Lipinski definition) is 2. The Labute approximate surface area is 121 Å². The number of halogens is 1. The van der Waals surface area contributed by atoms with Gasteiger partial charge in [0, 0.05) is 30.1 Å². The molecule has 0 aliphatic rings. The predicted molar refractivity (Wildman–Crippen MR) is 78.8 cm³/mol. The molecule has 1 aromatic heterocycles. The minimum Gasteiger partial charge on any atom is -0.330 e. The number of H-pyrrole nitrogens is 1. The lowest BCUT2D eigenvalue weighted by molar-refractivity contribution is 0.0986. The van der Waals surface area contributed by atoms with E-state index in [1.165, 1.54) is 47.5 Å². The Kier molecular flexibility index (Phi) is 4.84. The summed E-state index contributed by atoms with van der Waals surface area (Å²) in [6, 6.07) is 8.39. The normalized spacial score (nSPS) is 10.4. The summed E-state index contributed by atoms with van der Waals surface area (Å²) in [5.74, 6) is -0.692. The van der Waals surface area contributed by atoms with E-state index in [2.05, 4.69) is 4.98 Å². The van der Waals surface area contributed by atoms with E-state index >= 15 is 0 Å². The monoisotopic (exact) mass is 289 g/mol. The van der Waals surface area contributed by atoms with E-state index in [4.69, 9.17) is 5.73 Å². The van der Waals surface area contributed by atoms with E-state index in [-0.39, 0.29) is 22.8 Å². The van der Waals surface area contributed by atoms with E-state index < -0.39 is 0 Å². The highest BCUT2D eigenvalue weighted by Gasteiger charge is 2.17. The van der Waals surface area contributed by atoms with Crippen molar-refractivity contribution in [2.45, 2.75) is 6.42 Å². The highest BCUT2D eigenvalue weighted by atomic mass is 19.1. The molecule has 5 nitrogen and oxygen atoms in total. The Morgan fingerprint density at radius 1 is 1.24 bits per heavy atom. The van der Waals surface area contributed by atoms with Gasteiger partial charge in [-0.2, -0.15) is 0 Å². The zero-order chi connectivity index (χ0) is 15.2. The number of anilines is 1. The van der Waals surface area contributed by atoms with Crippen molar-refractivity contribution in [3.05, 3.63) is 64.3 Å². The van der Waals surface area contributed by atoms with Crippen molar-refractivity contribution in [3.8, 4) is 0 Å². The Hall–Kier alpha value is -2.47. The third kappa shape index (κ3) is 3.76. The number of carbonyl (C=O) groups is 1. The van der Waals surface area contributed by atoms with E-state index in [9.17, 15) is 14.0 Å². The van der Waals surface area contributed by atoms with Crippen molar-refractivity contribution in [3.63, 3.8) is 0 Å². The number of nitrogens with one attached hydrogen (secondary N) is 1. The number of nitrogens with zero attached hydrogens (tertiary/aromatic N) is 1. The molecule has 2 aromatic rings. The number of nitrogens with two attached hydrogens (primary N) is 1. The molecule has 0 saturated carbocycles. The summed E-state index contributed by atoms with van der Waals surface area (Å²) in [6.07, 6.45) is 2.02. The molecule has 0 radical (unpaired) electrons. The molecule has 0 saturated heterocycles. The summed E-state index contributed by atoms with van der Waals surface area (Å²) >= 11 is 0. The Morgan fingerprint density at radius 3 is 2.57 bits per heavy atom. The van der Waals surface area contributed by atoms with Gasteiger partial charge in [0.1, 0.15) is 5.82 Å². The third-order valence-corrected chi connectivity index (χ3v) is 2.99. The molecule has 21 heavy (non-hydrogen) atoms. The number of hydrogen-bond acceptors (Lipinski definition) is 3. The van der Waals surface area contributed by atoms with Crippen LogP contribution in [0.1, 0.15) is 16.8 Å². The first-order valence-electron chi connectivity index (χ1n) is 6.58. The van der Waals surface area contributed by atoms with Gasteiger partial charge in [-0.3, -0.25) is 9.59 Å². The highest BCUT2D eigenvalue weighted by molar-refractivity contribution is 6.05. The summed E-state index contributed by atoms with van der Waals surface area (Å²) < 4.78 is 13.0. The van der Waals surface area contributed by atoms with Crippen LogP contribution < -0.4 is 16.2 Å². The van der Waals surface area contributed by atoms with Gasteiger partial charge in [0.2, 0.25) is 5.56 Å². The molecular weight excluding hydrogens is 273 g/mol. The lowest BCUT2D eigenvalue weighted by Crippen LogP contribution is -2.33. The average molecular weight is 289 g/mol. The number of amides is 1. The number of benzene rings is 1. The lowest BCUT2D eigenvalue weighted by atomic mass is 10.2. The fraction of sp³-hybridized carbons (Fsp3) is 0.200. The van der Waals surface area contributed by atoms with Gasteiger partial charge in [0.05, 0.1) is 0 Å². The number of rotatable bonds is 5. The summed E-state index contributed by atoms with van der Waals surface area (Å²) in [6.45, 7) is 0.827. The van der Waals surface area contributed by atoms with Crippen LogP contribution in [0.2, 0.25) is 0 Å². The minimum absolute atomic E-state index is 0.278. The number of aromatic nitrogens is 1. The van der Waals surface area contributed by atoms with Crippen LogP contribution in [0, 0.1) is 5.82 Å². The zero-order valence-electron chi connectivity index (χ0n) is 11.4. The van der Waals surface area contributed by atoms with Crippen LogP contribution in [0.4, 0.5) is 10.1 Å². The first kappa shape index (κ1) is 14.9. The molecule has 0 aliphatic heterocycles. The second kappa shape index (κ2) is 6.81. The fourth-order valence-electron chi connectivity index (χ4n) is 1.95. The van der Waals surface area contributed by atoms with Gasteiger partial charge in [0.15, 0.2) is 0 Å². The van der Waals surface area contributed by atoms with Crippen molar-refractivity contribution >= 4 is 11.6 Å². The minimum atomic E-state index is -0.374. The van der Waals surface area contributed by atoms with Gasteiger partial charge >= 0.3 is 0 Å². The SMILES string of the molecule is NCCCN(C(=O)c1cc[nH]c(=O)c1)c1ccc(F)cc1. The van der Waals surface area contributed by atoms with Crippen LogP contribution in [0.15, 0.2) is 47.4 Å². The molecule has 0 fully saturated rings. The third-order valence-electron chi connectivity index (χ3n) is 2.99. The molecule has 1 heterocycles. The summed E-state index contributed by atoms with van der Waals surface area (Å²) in [7, 11) is 0. The molecule has 0 unspecified atom stereocenters. The first-order chi connectivity index (χ1) is 10.1. The smallest absolute Gasteiger partial charge is 0.258 e. The average Bonchev–Trinajstić information content (AvgIpc) is 2.49. The standard InChI is InChI=1S/C15H16FN3O2/c16-12-2-4-13(5-3-12)19(9-1-7-17)15(21)11-6-8-18-14(20)10-11/h2-6,8,10H,1,7,9,17H2,(H,18,20). The number of aromatic amines is 1. The maximum atomic E-state index is 13.0. The van der Waals surface area contributed by atoms with Gasteiger partial charge in [-0.25, -0.2) is 4.39 Å². The van der Waals surface area contributed by atoms with Crippen molar-refractivity contribution in [1.82, 2.24) is 4.98 Å². The van der Waals surface area contributed by atoms with Gasteiger partial charge in [0.25, 0.3) is 5.91 Å². The van der Waals surface area contributed by atoms with Crippen molar-refractivity contribution in [1.29, 1.82) is 0 Å². The molecule has 0 bridgehead atoms. The van der Waals surface area contributed by atoms with Crippen LogP contribution in [-0.4, -0.2) is 24.0 Å². The Bertz CT molecular complexity index is 667. The molecule has 0 spiro atoms. The summed E-state index contributed by atoms with van der Waals surface area (Å²) in [5.41, 5.74) is 5.98. The van der Waals surface area contributed by atoms with Crippen LogP contribution in [0.3, 0.4) is 0 Å². The van der Waals surface area contributed by atoms with Crippen molar-refractivity contribution in [2.24, 2.45) is 5.73 Å². The van der Waals surface area contributed by atoms with Gasteiger partial charge in [-0.15, -0.1) is 0 Å².